The molecule has 0 aliphatic heterocycles. The van der Waals surface area contributed by atoms with Gasteiger partial charge in [-0.1, -0.05) is 55.5 Å². The van der Waals surface area contributed by atoms with E-state index < -0.39 is 6.09 Å². The number of carbonyl (C=O) groups is 1. The molecule has 33 heavy (non-hydrogen) atoms. The Balaban J connectivity index is 1.11. The molecule has 0 saturated heterocycles. The number of aromatic nitrogens is 4. The molecule has 8 nitrogen and oxygen atoms in total. The fourth-order valence-corrected chi connectivity index (χ4v) is 4.36. The second kappa shape index (κ2) is 8.90. The molecule has 1 saturated carbocycles. The van der Waals surface area contributed by atoms with E-state index in [1.807, 2.05) is 34.9 Å². The number of carbonyl (C=O) groups excluding carboxylic acids is 1. The summed E-state index contributed by atoms with van der Waals surface area (Å²) < 4.78 is 7.50. The number of hydrogen-bond donors (Lipinski definition) is 2. The summed E-state index contributed by atoms with van der Waals surface area (Å²) >= 11 is 0. The first kappa shape index (κ1) is 20.9. The van der Waals surface area contributed by atoms with Crippen LogP contribution in [-0.4, -0.2) is 32.2 Å². The maximum atomic E-state index is 12.3. The number of benzene rings is 2. The number of nitrogens with one attached hydrogen (secondary N) is 1. The number of amides is 1. The Morgan fingerprint density at radius 2 is 1.88 bits per heavy atom. The molecule has 0 radical (unpaired) electrons. The van der Waals surface area contributed by atoms with Crippen LogP contribution in [0, 0.1) is 17.8 Å². The van der Waals surface area contributed by atoms with Crippen molar-refractivity contribution in [2.45, 2.75) is 20.0 Å². The highest BCUT2D eigenvalue weighted by molar-refractivity contribution is 5.81. The Labute approximate surface area is 191 Å². The first-order valence-corrected chi connectivity index (χ1v) is 11.1. The van der Waals surface area contributed by atoms with E-state index in [0.717, 1.165) is 28.9 Å². The number of fused-ring (bicyclic) bond motifs is 1. The molecule has 0 spiro atoms. The quantitative estimate of drug-likeness (QED) is 0.450. The lowest BCUT2D eigenvalue weighted by atomic mass is 10.0. The van der Waals surface area contributed by atoms with Crippen molar-refractivity contribution in [3.8, 4) is 11.1 Å². The van der Waals surface area contributed by atoms with Crippen molar-refractivity contribution in [3.63, 3.8) is 0 Å². The summed E-state index contributed by atoms with van der Waals surface area (Å²) in [6, 6.07) is 18.3. The zero-order valence-corrected chi connectivity index (χ0v) is 18.4. The van der Waals surface area contributed by atoms with Crippen molar-refractivity contribution in [3.05, 3.63) is 72.8 Å². The van der Waals surface area contributed by atoms with Gasteiger partial charge in [-0.2, -0.15) is 0 Å². The Morgan fingerprint density at radius 3 is 2.73 bits per heavy atom. The van der Waals surface area contributed by atoms with Crippen LogP contribution in [-0.2, 0) is 17.8 Å². The predicted octanol–water partition coefficient (Wildman–Crippen LogP) is 3.88. The lowest BCUT2D eigenvalue weighted by Crippen LogP contribution is -2.24. The van der Waals surface area contributed by atoms with Gasteiger partial charge in [0, 0.05) is 19.0 Å². The second-order valence-electron chi connectivity index (χ2n) is 8.53. The summed E-state index contributed by atoms with van der Waals surface area (Å²) in [5, 5.41) is 2.86. The van der Waals surface area contributed by atoms with Crippen LogP contribution in [0.2, 0.25) is 0 Å². The number of imidazole rings is 1. The molecule has 4 aromatic rings. The Hall–Kier alpha value is -3.94. The fourth-order valence-electron chi connectivity index (χ4n) is 4.36. The average molecular weight is 443 g/mol. The van der Waals surface area contributed by atoms with Gasteiger partial charge in [-0.15, -0.1) is 0 Å². The van der Waals surface area contributed by atoms with Gasteiger partial charge < -0.3 is 20.4 Å². The van der Waals surface area contributed by atoms with Gasteiger partial charge in [-0.3, -0.25) is 0 Å². The van der Waals surface area contributed by atoms with E-state index in [1.165, 1.54) is 6.33 Å². The molecule has 0 bridgehead atoms. The number of nitrogens with zero attached hydrogens (tertiary/aromatic N) is 4. The monoisotopic (exact) mass is 442 g/mol. The molecule has 2 aromatic heterocycles. The third kappa shape index (κ3) is 4.50. The van der Waals surface area contributed by atoms with Crippen molar-refractivity contribution in [1.29, 1.82) is 0 Å². The summed E-state index contributed by atoms with van der Waals surface area (Å²) in [7, 11) is 0. The van der Waals surface area contributed by atoms with Crippen molar-refractivity contribution in [2.75, 3.05) is 12.3 Å². The smallest absolute Gasteiger partial charge is 0.407 e. The standard InChI is InChI=1S/C25H26N6O2/c1-16-20(12-31-15-30-22-23(26)28-14-29-24(22)31)21(16)13-33-25(32)27-11-17-6-5-9-19(10-17)18-7-3-2-4-8-18/h2-10,14-16,20-21H,11-13H2,1H3,(H,27,32)(H2,26,28,29)/t16-,20+,21-/m1/s1. The van der Waals surface area contributed by atoms with Gasteiger partial charge in [-0.25, -0.2) is 19.7 Å². The zero-order chi connectivity index (χ0) is 22.8. The maximum Gasteiger partial charge on any atom is 0.407 e. The topological polar surface area (TPSA) is 108 Å². The van der Waals surface area contributed by atoms with E-state index in [-0.39, 0.29) is 0 Å². The number of nitrogens with two attached hydrogens (primary N) is 1. The van der Waals surface area contributed by atoms with Gasteiger partial charge in [0.05, 0.1) is 12.9 Å². The van der Waals surface area contributed by atoms with E-state index in [2.05, 4.69) is 51.5 Å². The van der Waals surface area contributed by atoms with Crippen molar-refractivity contribution in [2.24, 2.45) is 17.8 Å². The van der Waals surface area contributed by atoms with Crippen LogP contribution in [0.5, 0.6) is 0 Å². The van der Waals surface area contributed by atoms with E-state index in [1.54, 1.807) is 6.33 Å². The molecule has 168 valence electrons. The molecular weight excluding hydrogens is 416 g/mol. The van der Waals surface area contributed by atoms with E-state index >= 15 is 0 Å². The van der Waals surface area contributed by atoms with Crippen LogP contribution in [0.3, 0.4) is 0 Å². The predicted molar refractivity (Wildman–Crippen MR) is 126 cm³/mol. The van der Waals surface area contributed by atoms with E-state index in [0.29, 0.717) is 42.2 Å². The lowest BCUT2D eigenvalue weighted by Gasteiger charge is -2.09. The Morgan fingerprint density at radius 1 is 1.06 bits per heavy atom. The molecule has 0 unspecified atom stereocenters. The van der Waals surface area contributed by atoms with Gasteiger partial charge in [-0.05, 0) is 34.6 Å². The molecule has 3 atom stereocenters. The minimum absolute atomic E-state index is 0.314. The third-order valence-corrected chi connectivity index (χ3v) is 6.47. The molecule has 1 aliphatic carbocycles. The minimum atomic E-state index is -0.397. The number of rotatable bonds is 7. The number of ether oxygens (including phenoxy) is 1. The summed E-state index contributed by atoms with van der Waals surface area (Å²) in [5.74, 6) is 1.55. The lowest BCUT2D eigenvalue weighted by molar-refractivity contribution is 0.137. The van der Waals surface area contributed by atoms with Crippen LogP contribution in [0.15, 0.2) is 67.3 Å². The Bertz CT molecular complexity index is 1270. The van der Waals surface area contributed by atoms with Crippen LogP contribution in [0.4, 0.5) is 10.6 Å². The fraction of sp³-hybridized carbons (Fsp3) is 0.280. The highest BCUT2D eigenvalue weighted by atomic mass is 16.5. The summed E-state index contributed by atoms with van der Waals surface area (Å²) in [4.78, 5) is 24.9. The van der Waals surface area contributed by atoms with Crippen LogP contribution < -0.4 is 11.1 Å². The average Bonchev–Trinajstić information content (AvgIpc) is 3.24. The maximum absolute atomic E-state index is 12.3. The number of nitrogen functional groups attached to an aromatic ring is 1. The van der Waals surface area contributed by atoms with Gasteiger partial charge >= 0.3 is 6.09 Å². The van der Waals surface area contributed by atoms with E-state index in [4.69, 9.17) is 10.5 Å². The first-order chi connectivity index (χ1) is 16.1. The van der Waals surface area contributed by atoms with Gasteiger partial charge in [0.2, 0.25) is 0 Å². The molecule has 5 rings (SSSR count). The molecule has 2 heterocycles. The van der Waals surface area contributed by atoms with Crippen LogP contribution in [0.25, 0.3) is 22.3 Å². The molecule has 1 fully saturated rings. The van der Waals surface area contributed by atoms with Crippen molar-refractivity contribution in [1.82, 2.24) is 24.8 Å². The number of alkyl carbamates (subject to hydrolysis) is 1. The number of hydrogen-bond acceptors (Lipinski definition) is 6. The van der Waals surface area contributed by atoms with Crippen molar-refractivity contribution >= 4 is 23.1 Å². The van der Waals surface area contributed by atoms with Gasteiger partial charge in [0.15, 0.2) is 11.5 Å². The minimum Gasteiger partial charge on any atom is -0.449 e. The highest BCUT2D eigenvalue weighted by Crippen LogP contribution is 2.47. The SMILES string of the molecule is C[C@H]1[C@@H](COC(=O)NCc2cccc(-c3ccccc3)c2)[C@H]1Cn1cnc2c(N)ncnc21. The van der Waals surface area contributed by atoms with E-state index in [9.17, 15) is 4.79 Å². The second-order valence-corrected chi connectivity index (χ2v) is 8.53. The normalized spacial score (nSPS) is 19.4. The molecular formula is C25H26N6O2. The molecule has 1 amide bonds. The molecule has 8 heteroatoms. The number of anilines is 1. The largest absolute Gasteiger partial charge is 0.449 e. The third-order valence-electron chi connectivity index (χ3n) is 6.47. The Kier molecular flexibility index (Phi) is 5.64. The van der Waals surface area contributed by atoms with Crippen LogP contribution in [0.1, 0.15) is 12.5 Å². The summed E-state index contributed by atoms with van der Waals surface area (Å²) in [5.41, 5.74) is 10.5. The first-order valence-electron chi connectivity index (χ1n) is 11.1. The molecule has 3 N–H and O–H groups in total. The zero-order valence-electron chi connectivity index (χ0n) is 18.4. The van der Waals surface area contributed by atoms with Crippen molar-refractivity contribution < 1.29 is 9.53 Å². The summed E-state index contributed by atoms with van der Waals surface area (Å²) in [6.45, 7) is 3.75. The summed E-state index contributed by atoms with van der Waals surface area (Å²) in [6.07, 6.45) is 2.80. The molecule has 2 aromatic carbocycles. The highest BCUT2D eigenvalue weighted by Gasteiger charge is 2.47. The molecule has 1 aliphatic rings. The van der Waals surface area contributed by atoms with Gasteiger partial charge in [0.25, 0.3) is 0 Å². The van der Waals surface area contributed by atoms with Gasteiger partial charge in [0.1, 0.15) is 11.8 Å². The van der Waals surface area contributed by atoms with Crippen LogP contribution >= 0.6 is 0 Å².